The van der Waals surface area contributed by atoms with E-state index in [0.29, 0.717) is 34.1 Å². The molecule has 2 aromatic carbocycles. The van der Waals surface area contributed by atoms with Crippen molar-refractivity contribution in [2.45, 2.75) is 43.3 Å². The summed E-state index contributed by atoms with van der Waals surface area (Å²) in [5.41, 5.74) is 1.17. The number of aromatic nitrogens is 1. The van der Waals surface area contributed by atoms with Crippen molar-refractivity contribution in [3.63, 3.8) is 0 Å². The van der Waals surface area contributed by atoms with E-state index in [1.165, 1.54) is 18.2 Å². The van der Waals surface area contributed by atoms with Crippen LogP contribution in [0.15, 0.2) is 59.8 Å². The molecule has 3 aromatic rings. The lowest BCUT2D eigenvalue weighted by molar-refractivity contribution is -0.605. The molecule has 1 saturated carbocycles. The van der Waals surface area contributed by atoms with Gasteiger partial charge in [0, 0.05) is 22.6 Å². The number of amides is 1. The molecule has 41 heavy (non-hydrogen) atoms. The van der Waals surface area contributed by atoms with E-state index in [1.54, 1.807) is 23.9 Å². The minimum Gasteiger partial charge on any atom is -0.619 e. The monoisotopic (exact) mass is 626 g/mol. The first kappa shape index (κ1) is 30.7. The van der Waals surface area contributed by atoms with E-state index >= 15 is 0 Å². The summed E-state index contributed by atoms with van der Waals surface area (Å²) < 4.78 is 42.5. The number of ether oxygens (including phenoxy) is 3. The van der Waals surface area contributed by atoms with Gasteiger partial charge in [0.25, 0.3) is 0 Å². The molecule has 8 nitrogen and oxygen atoms in total. The first-order valence-corrected chi connectivity index (χ1v) is 14.5. The van der Waals surface area contributed by atoms with Gasteiger partial charge in [-0.15, -0.1) is 11.8 Å². The molecule has 0 aliphatic heterocycles. The second kappa shape index (κ2) is 14.1. The van der Waals surface area contributed by atoms with E-state index in [4.69, 9.17) is 32.7 Å². The topological polar surface area (TPSA) is 101 Å². The van der Waals surface area contributed by atoms with Gasteiger partial charge in [-0.2, -0.15) is 13.5 Å². The number of anilines is 1. The summed E-state index contributed by atoms with van der Waals surface area (Å²) in [5, 5.41) is 14.4. The molecule has 0 spiro atoms. The van der Waals surface area contributed by atoms with Crippen LogP contribution in [0.3, 0.4) is 0 Å². The van der Waals surface area contributed by atoms with Crippen LogP contribution < -0.4 is 19.5 Å². The zero-order chi connectivity index (χ0) is 29.5. The molecule has 1 aromatic heterocycles. The number of esters is 1. The van der Waals surface area contributed by atoms with Crippen LogP contribution in [0.1, 0.15) is 36.5 Å². The Morgan fingerprint density at radius 3 is 2.39 bits per heavy atom. The number of carbonyl (C=O) groups excluding carboxylic acids is 2. The highest BCUT2D eigenvalue weighted by Gasteiger charge is 2.27. The number of carbonyl (C=O) groups is 2. The summed E-state index contributed by atoms with van der Waals surface area (Å²) >= 11 is 14.1. The predicted octanol–water partition coefficient (Wildman–Crippen LogP) is 6.59. The Morgan fingerprint density at radius 2 is 1.78 bits per heavy atom. The van der Waals surface area contributed by atoms with Gasteiger partial charge in [0.15, 0.2) is 23.9 Å². The van der Waals surface area contributed by atoms with E-state index in [-0.39, 0.29) is 28.0 Å². The van der Waals surface area contributed by atoms with Crippen molar-refractivity contribution in [1.82, 2.24) is 0 Å². The lowest BCUT2D eigenvalue weighted by atomic mass is 10.0. The largest absolute Gasteiger partial charge is 0.619 e. The number of nitrogens with one attached hydrogen (secondary N) is 1. The van der Waals surface area contributed by atoms with Crippen LogP contribution in [-0.4, -0.2) is 31.4 Å². The Hall–Kier alpha value is -3.28. The number of alkyl halides is 2. The van der Waals surface area contributed by atoms with Crippen molar-refractivity contribution < 1.29 is 37.3 Å². The molecular weight excluding hydrogens is 601 g/mol. The van der Waals surface area contributed by atoms with Crippen LogP contribution in [0.5, 0.6) is 11.5 Å². The molecule has 0 saturated heterocycles. The van der Waals surface area contributed by atoms with Gasteiger partial charge in [-0.25, -0.2) is 0 Å². The number of hydrogen-bond acceptors (Lipinski definition) is 7. The SMILES string of the molecule is CSc1ccc(NC(=O)CC(=O)O[C@@H](Cc2c(Cl)c[n+]([O-])cc2Cl)c2ccc(OC(F)F)c(OCC3CC3)c2)cc1. The average molecular weight is 627 g/mol. The smallest absolute Gasteiger partial charge is 0.387 e. The van der Waals surface area contributed by atoms with Crippen molar-refractivity contribution in [2.24, 2.45) is 5.92 Å². The lowest BCUT2D eigenvalue weighted by Crippen LogP contribution is -2.26. The van der Waals surface area contributed by atoms with Crippen LogP contribution in [0.25, 0.3) is 0 Å². The molecule has 0 unspecified atom stereocenters. The number of nitrogens with zero attached hydrogens (tertiary/aromatic N) is 1. The summed E-state index contributed by atoms with van der Waals surface area (Å²) in [6.45, 7) is -2.76. The predicted molar refractivity (Wildman–Crippen MR) is 151 cm³/mol. The first-order valence-electron chi connectivity index (χ1n) is 12.5. The first-order chi connectivity index (χ1) is 19.6. The fourth-order valence-corrected chi connectivity index (χ4v) is 4.88. The number of benzene rings is 2. The van der Waals surface area contributed by atoms with E-state index in [9.17, 15) is 23.6 Å². The number of rotatable bonds is 13. The number of hydrogen-bond donors (Lipinski definition) is 1. The average Bonchev–Trinajstić information content (AvgIpc) is 3.74. The van der Waals surface area contributed by atoms with Crippen molar-refractivity contribution in [2.75, 3.05) is 18.2 Å². The number of halogens is 4. The third kappa shape index (κ3) is 9.11. The standard InChI is InChI=1S/C28H26Cl2F2N2O6S/c1-41-19-7-5-18(6-8-19)33-26(35)12-27(36)39-24(11-20-21(29)13-34(37)14-22(20)30)17-4-9-23(40-28(31)32)25(10-17)38-15-16-2-3-16/h4-10,13-14,16,24,28H,2-3,11-12,15H2,1H3,(H,33,35)/t24-/m0/s1. The van der Waals surface area contributed by atoms with Gasteiger partial charge < -0.3 is 24.7 Å². The Balaban J connectivity index is 1.56. The zero-order valence-corrected chi connectivity index (χ0v) is 24.1. The van der Waals surface area contributed by atoms with Gasteiger partial charge in [0.1, 0.15) is 22.6 Å². The van der Waals surface area contributed by atoms with Crippen LogP contribution >= 0.6 is 35.0 Å². The third-order valence-corrected chi connectivity index (χ3v) is 7.52. The zero-order valence-electron chi connectivity index (χ0n) is 21.8. The summed E-state index contributed by atoms with van der Waals surface area (Å²) in [5.74, 6) is -1.26. The molecule has 4 rings (SSSR count). The molecule has 1 amide bonds. The lowest BCUT2D eigenvalue weighted by Gasteiger charge is -2.21. The van der Waals surface area contributed by atoms with E-state index in [0.717, 1.165) is 30.1 Å². The molecule has 1 fully saturated rings. The van der Waals surface area contributed by atoms with Crippen molar-refractivity contribution in [3.05, 3.63) is 81.2 Å². The summed E-state index contributed by atoms with van der Waals surface area (Å²) in [7, 11) is 0. The van der Waals surface area contributed by atoms with E-state index < -0.39 is 31.0 Å². The van der Waals surface area contributed by atoms with E-state index in [2.05, 4.69) is 10.1 Å². The van der Waals surface area contributed by atoms with Crippen molar-refractivity contribution in [3.8, 4) is 11.5 Å². The number of thioether (sulfide) groups is 1. The van der Waals surface area contributed by atoms with Crippen molar-refractivity contribution >= 4 is 52.5 Å². The van der Waals surface area contributed by atoms with Gasteiger partial charge in [0.2, 0.25) is 5.91 Å². The minimum atomic E-state index is -3.08. The van der Waals surface area contributed by atoms with Crippen LogP contribution in [0, 0.1) is 11.1 Å². The highest BCUT2D eigenvalue weighted by molar-refractivity contribution is 7.98. The second-order valence-electron chi connectivity index (χ2n) is 9.27. The maximum absolute atomic E-state index is 13.0. The maximum Gasteiger partial charge on any atom is 0.387 e. The maximum atomic E-state index is 13.0. The minimum absolute atomic E-state index is 0.0304. The molecule has 0 bridgehead atoms. The normalized spacial score (nSPS) is 13.5. The molecular formula is C28H26Cl2F2N2O6S. The molecule has 218 valence electrons. The van der Waals surface area contributed by atoms with Crippen LogP contribution in [0.2, 0.25) is 10.0 Å². The van der Waals surface area contributed by atoms with Gasteiger partial charge in [-0.1, -0.05) is 29.3 Å². The van der Waals surface area contributed by atoms with Gasteiger partial charge >= 0.3 is 12.6 Å². The summed E-state index contributed by atoms with van der Waals surface area (Å²) in [4.78, 5) is 26.5. The summed E-state index contributed by atoms with van der Waals surface area (Å²) in [6.07, 6.45) is 4.31. The quantitative estimate of drug-likeness (QED) is 0.0750. The molecule has 13 heteroatoms. The number of pyridine rings is 1. The summed E-state index contributed by atoms with van der Waals surface area (Å²) in [6, 6.07) is 11.2. The van der Waals surface area contributed by atoms with Crippen LogP contribution in [-0.2, 0) is 20.7 Å². The fourth-order valence-electron chi connectivity index (χ4n) is 3.87. The highest BCUT2D eigenvalue weighted by atomic mass is 35.5. The molecule has 0 radical (unpaired) electrons. The van der Waals surface area contributed by atoms with Gasteiger partial charge in [0.05, 0.1) is 6.61 Å². The highest BCUT2D eigenvalue weighted by Crippen LogP contribution is 2.38. The van der Waals surface area contributed by atoms with Gasteiger partial charge in [-0.05, 0) is 67.0 Å². The van der Waals surface area contributed by atoms with Crippen molar-refractivity contribution in [1.29, 1.82) is 0 Å². The Kier molecular flexibility index (Phi) is 10.5. The molecule has 1 aliphatic rings. The molecule has 1 N–H and O–H groups in total. The molecule has 1 aliphatic carbocycles. The third-order valence-electron chi connectivity index (χ3n) is 6.13. The Bertz CT molecular complexity index is 1370. The Morgan fingerprint density at radius 1 is 1.10 bits per heavy atom. The van der Waals surface area contributed by atoms with E-state index in [1.807, 2.05) is 18.4 Å². The molecule has 1 heterocycles. The second-order valence-corrected chi connectivity index (χ2v) is 11.0. The molecule has 1 atom stereocenters. The van der Waals surface area contributed by atoms with Crippen LogP contribution in [0.4, 0.5) is 14.5 Å². The van der Waals surface area contributed by atoms with Gasteiger partial charge in [-0.3, -0.25) is 9.59 Å². The Labute approximate surface area is 249 Å². The fraction of sp³-hybridized carbons (Fsp3) is 0.321.